The lowest BCUT2D eigenvalue weighted by Gasteiger charge is -2.29. The van der Waals surface area contributed by atoms with Crippen LogP contribution in [0.3, 0.4) is 0 Å². The van der Waals surface area contributed by atoms with Crippen LogP contribution in [0.15, 0.2) is 18.2 Å². The van der Waals surface area contributed by atoms with Crippen LogP contribution in [0.5, 0.6) is 0 Å². The van der Waals surface area contributed by atoms with Crippen molar-refractivity contribution in [1.82, 2.24) is 15.0 Å². The van der Waals surface area contributed by atoms with Crippen LogP contribution in [0.1, 0.15) is 44.9 Å². The molecular formula is C16H24N4. The van der Waals surface area contributed by atoms with Gasteiger partial charge in [0.1, 0.15) is 11.4 Å². The van der Waals surface area contributed by atoms with Crippen LogP contribution in [0.2, 0.25) is 0 Å². The lowest BCUT2D eigenvalue weighted by atomic mass is 9.93. The van der Waals surface area contributed by atoms with Crippen molar-refractivity contribution in [2.75, 3.05) is 11.9 Å². The molecule has 0 atom stereocenters. The Morgan fingerprint density at radius 3 is 2.45 bits per heavy atom. The molecule has 4 heteroatoms. The Labute approximate surface area is 121 Å². The molecule has 0 unspecified atom stereocenters. The van der Waals surface area contributed by atoms with Crippen LogP contribution in [-0.4, -0.2) is 22.0 Å². The summed E-state index contributed by atoms with van der Waals surface area (Å²) < 4.78 is 0. The first-order valence-corrected chi connectivity index (χ1v) is 7.32. The summed E-state index contributed by atoms with van der Waals surface area (Å²) in [6, 6.07) is 6.47. The number of aryl methyl sites for hydroxylation is 1. The number of fused-ring (bicyclic) bond motifs is 3. The van der Waals surface area contributed by atoms with Gasteiger partial charge in [-0.1, -0.05) is 45.9 Å². The molecule has 0 saturated carbocycles. The third-order valence-electron chi connectivity index (χ3n) is 3.50. The maximum atomic E-state index is 4.51. The van der Waals surface area contributed by atoms with Gasteiger partial charge in [-0.05, 0) is 11.5 Å². The number of rotatable bonds is 1. The highest BCUT2D eigenvalue weighted by molar-refractivity contribution is 5.82. The van der Waals surface area contributed by atoms with Crippen molar-refractivity contribution in [1.29, 1.82) is 0 Å². The van der Waals surface area contributed by atoms with E-state index < -0.39 is 0 Å². The molecule has 0 fully saturated rings. The molecule has 4 nitrogen and oxygen atoms in total. The fourth-order valence-electron chi connectivity index (χ4n) is 2.71. The van der Waals surface area contributed by atoms with E-state index in [4.69, 9.17) is 0 Å². The lowest BCUT2D eigenvalue weighted by Crippen LogP contribution is -2.23. The minimum atomic E-state index is 0.514. The summed E-state index contributed by atoms with van der Waals surface area (Å²) in [5, 5.41) is 8.95. The zero-order chi connectivity index (χ0) is 14.9. The van der Waals surface area contributed by atoms with Gasteiger partial charge in [-0.2, -0.15) is 15.0 Å². The van der Waals surface area contributed by atoms with Gasteiger partial charge in [0.25, 0.3) is 0 Å². The number of hydrogen-bond donors (Lipinski definition) is 0. The number of benzene rings is 1. The number of hydrogen-bond acceptors (Lipinski definition) is 3. The van der Waals surface area contributed by atoms with E-state index in [1.54, 1.807) is 4.80 Å². The molecule has 108 valence electrons. The molecule has 3 rings (SSSR count). The Morgan fingerprint density at radius 1 is 1.10 bits per heavy atom. The van der Waals surface area contributed by atoms with Gasteiger partial charge in [-0.15, -0.1) is 0 Å². The third-order valence-corrected chi connectivity index (χ3v) is 3.50. The van der Waals surface area contributed by atoms with Gasteiger partial charge in [0.15, 0.2) is 0 Å². The van der Waals surface area contributed by atoms with Crippen molar-refractivity contribution in [3.8, 4) is 11.3 Å². The molecule has 0 bridgehead atoms. The smallest absolute Gasteiger partial charge is 0.120 e. The molecule has 2 heterocycles. The fraction of sp³-hybridized carbons (Fsp3) is 0.500. The van der Waals surface area contributed by atoms with Crippen molar-refractivity contribution in [2.24, 2.45) is 7.05 Å². The molecule has 20 heavy (non-hydrogen) atoms. The normalized spacial score (nSPS) is 12.7. The van der Waals surface area contributed by atoms with Gasteiger partial charge < -0.3 is 4.90 Å². The zero-order valence-corrected chi connectivity index (χ0v) is 13.3. The molecule has 0 saturated heterocycles. The minimum Gasteiger partial charge on any atom is -0.368 e. The van der Waals surface area contributed by atoms with Crippen LogP contribution in [0.4, 0.5) is 5.69 Å². The average Bonchev–Trinajstić information content (AvgIpc) is 2.81. The Morgan fingerprint density at radius 2 is 1.80 bits per heavy atom. The molecule has 0 N–H and O–H groups in total. The van der Waals surface area contributed by atoms with Gasteiger partial charge in [-0.25, -0.2) is 0 Å². The van der Waals surface area contributed by atoms with Crippen LogP contribution in [-0.2, 0) is 13.6 Å². The van der Waals surface area contributed by atoms with Gasteiger partial charge in [-0.3, -0.25) is 0 Å². The molecule has 2 aromatic rings. The van der Waals surface area contributed by atoms with Crippen LogP contribution >= 0.6 is 0 Å². The summed E-state index contributed by atoms with van der Waals surface area (Å²) in [5.74, 6) is 0.514. The van der Waals surface area contributed by atoms with Crippen molar-refractivity contribution < 1.29 is 0 Å². The molecule has 0 radical (unpaired) electrons. The minimum absolute atomic E-state index is 0.514. The van der Waals surface area contributed by atoms with Crippen LogP contribution < -0.4 is 4.90 Å². The largest absolute Gasteiger partial charge is 0.368 e. The summed E-state index contributed by atoms with van der Waals surface area (Å²) in [6.07, 6.45) is 0. The van der Waals surface area contributed by atoms with E-state index in [-0.39, 0.29) is 0 Å². The highest BCUT2D eigenvalue weighted by Crippen LogP contribution is 2.41. The van der Waals surface area contributed by atoms with Crippen molar-refractivity contribution in [3.05, 3.63) is 29.5 Å². The second kappa shape index (κ2) is 5.65. The Balaban J connectivity index is 0.000000704. The topological polar surface area (TPSA) is 34.0 Å². The van der Waals surface area contributed by atoms with E-state index in [1.165, 1.54) is 16.8 Å². The van der Waals surface area contributed by atoms with Gasteiger partial charge in [0.05, 0.1) is 6.54 Å². The number of aromatic nitrogens is 3. The first-order valence-electron chi connectivity index (χ1n) is 7.32. The lowest BCUT2D eigenvalue weighted by molar-refractivity contribution is 0.645. The summed E-state index contributed by atoms with van der Waals surface area (Å²) in [4.78, 5) is 3.94. The number of nitrogens with zero attached hydrogens (tertiary/aromatic N) is 4. The van der Waals surface area contributed by atoms with Crippen LogP contribution in [0, 0.1) is 0 Å². The second-order valence-electron chi connectivity index (χ2n) is 5.24. The predicted molar refractivity (Wildman–Crippen MR) is 84.0 cm³/mol. The Kier molecular flexibility index (Phi) is 4.12. The molecule has 0 spiro atoms. The molecule has 1 aliphatic rings. The van der Waals surface area contributed by atoms with Gasteiger partial charge in [0, 0.05) is 25.3 Å². The highest BCUT2D eigenvalue weighted by atomic mass is 15.5. The van der Waals surface area contributed by atoms with Gasteiger partial charge >= 0.3 is 0 Å². The van der Waals surface area contributed by atoms with E-state index in [0.29, 0.717) is 5.92 Å². The van der Waals surface area contributed by atoms with Crippen molar-refractivity contribution in [3.63, 3.8) is 0 Å². The molecule has 1 aromatic carbocycles. The van der Waals surface area contributed by atoms with E-state index in [9.17, 15) is 0 Å². The first-order chi connectivity index (χ1) is 9.58. The van der Waals surface area contributed by atoms with E-state index in [2.05, 4.69) is 54.2 Å². The maximum absolute atomic E-state index is 4.51. The Hall–Kier alpha value is -1.84. The molecule has 1 aromatic heterocycles. The fourth-order valence-corrected chi connectivity index (χ4v) is 2.71. The first kappa shape index (κ1) is 14.6. The highest BCUT2D eigenvalue weighted by Gasteiger charge is 2.26. The Bertz CT molecular complexity index is 599. The predicted octanol–water partition coefficient (Wildman–Crippen LogP) is 3.58. The average molecular weight is 272 g/mol. The second-order valence-corrected chi connectivity index (χ2v) is 5.24. The maximum Gasteiger partial charge on any atom is 0.120 e. The summed E-state index contributed by atoms with van der Waals surface area (Å²) in [5.41, 5.74) is 5.99. The summed E-state index contributed by atoms with van der Waals surface area (Å²) in [7, 11) is 4.01. The number of anilines is 1. The standard InChI is InChI=1S/C14H18N4.C2H6/c1-9(2)10-6-5-7-11-13-12(15-18(4)16-13)8-17(3)14(10)11;1-2/h5-7,9H,8H2,1-4H3;1-2H3. The SMILES string of the molecule is CC.CC(C)c1cccc2c1N(C)Cc1nn(C)nc1-2. The quantitative estimate of drug-likeness (QED) is 0.795. The van der Waals surface area contributed by atoms with E-state index >= 15 is 0 Å². The van der Waals surface area contributed by atoms with Gasteiger partial charge in [0.2, 0.25) is 0 Å². The molecule has 0 aliphatic carbocycles. The molecular weight excluding hydrogens is 248 g/mol. The number of para-hydroxylation sites is 1. The van der Waals surface area contributed by atoms with Crippen molar-refractivity contribution >= 4 is 5.69 Å². The zero-order valence-electron chi connectivity index (χ0n) is 13.3. The van der Waals surface area contributed by atoms with Crippen molar-refractivity contribution in [2.45, 2.75) is 40.2 Å². The molecule has 1 aliphatic heterocycles. The molecule has 0 amide bonds. The van der Waals surface area contributed by atoms with Crippen LogP contribution in [0.25, 0.3) is 11.3 Å². The third kappa shape index (κ3) is 2.30. The summed E-state index contributed by atoms with van der Waals surface area (Å²) >= 11 is 0. The van der Waals surface area contributed by atoms with E-state index in [1.807, 2.05) is 20.9 Å². The summed E-state index contributed by atoms with van der Waals surface area (Å²) in [6.45, 7) is 9.30. The van der Waals surface area contributed by atoms with E-state index in [0.717, 1.165) is 17.9 Å². The monoisotopic (exact) mass is 272 g/mol.